The molecular weight excluding hydrogens is 326 g/mol. The molecule has 0 aliphatic rings. The van der Waals surface area contributed by atoms with Crippen LogP contribution in [0.25, 0.3) is 10.2 Å². The van der Waals surface area contributed by atoms with Crippen LogP contribution in [-0.4, -0.2) is 22.6 Å². The largest absolute Gasteiger partial charge is 0.495 e. The van der Waals surface area contributed by atoms with E-state index in [1.165, 1.54) is 29.3 Å². The molecule has 0 saturated heterocycles. The molecule has 1 aromatic carbocycles. The van der Waals surface area contributed by atoms with Crippen LogP contribution in [0.15, 0.2) is 41.5 Å². The van der Waals surface area contributed by atoms with E-state index >= 15 is 0 Å². The van der Waals surface area contributed by atoms with Crippen LogP contribution in [0.2, 0.25) is 0 Å². The second-order valence-electron chi connectivity index (χ2n) is 5.40. The predicted octanol–water partition coefficient (Wildman–Crippen LogP) is 2.97. The topological polar surface area (TPSA) is 73.2 Å². The van der Waals surface area contributed by atoms with Crippen molar-refractivity contribution in [1.82, 2.24) is 9.55 Å². The molecule has 0 fully saturated rings. The van der Waals surface area contributed by atoms with Crippen LogP contribution in [0.3, 0.4) is 0 Å². The fourth-order valence-corrected chi connectivity index (χ4v) is 3.28. The fourth-order valence-electron chi connectivity index (χ4n) is 2.44. The third-order valence-corrected chi connectivity index (χ3v) is 4.72. The molecule has 1 amide bonds. The average Bonchev–Trinajstić information content (AvgIpc) is 2.96. The predicted molar refractivity (Wildman–Crippen MR) is 95.0 cm³/mol. The Morgan fingerprint density at radius 3 is 2.88 bits per heavy atom. The Bertz CT molecular complexity index is 961. The summed E-state index contributed by atoms with van der Waals surface area (Å²) >= 11 is 1.46. The van der Waals surface area contributed by atoms with E-state index in [9.17, 15) is 9.59 Å². The monoisotopic (exact) mass is 343 g/mol. The second kappa shape index (κ2) is 6.45. The molecule has 2 heterocycles. The average molecular weight is 343 g/mol. The van der Waals surface area contributed by atoms with Gasteiger partial charge in [0.05, 0.1) is 24.5 Å². The maximum atomic E-state index is 12.6. The number of nitrogens with zero attached hydrogens (tertiary/aromatic N) is 2. The molecule has 1 unspecified atom stereocenters. The number of nitrogens with one attached hydrogen (secondary N) is 1. The van der Waals surface area contributed by atoms with Gasteiger partial charge in [-0.3, -0.25) is 14.2 Å². The molecule has 0 aliphatic carbocycles. The van der Waals surface area contributed by atoms with E-state index in [4.69, 9.17) is 4.74 Å². The summed E-state index contributed by atoms with van der Waals surface area (Å²) in [6.45, 7) is 3.59. The number of benzene rings is 1. The molecule has 124 valence electrons. The van der Waals surface area contributed by atoms with Gasteiger partial charge in [-0.1, -0.05) is 12.1 Å². The van der Waals surface area contributed by atoms with Crippen molar-refractivity contribution < 1.29 is 9.53 Å². The Morgan fingerprint density at radius 1 is 1.38 bits per heavy atom. The Hall–Kier alpha value is -2.67. The highest BCUT2D eigenvalue weighted by molar-refractivity contribution is 7.18. The van der Waals surface area contributed by atoms with Gasteiger partial charge in [0.1, 0.15) is 16.6 Å². The van der Waals surface area contributed by atoms with Crippen LogP contribution in [0.1, 0.15) is 17.8 Å². The van der Waals surface area contributed by atoms with Gasteiger partial charge in [-0.15, -0.1) is 11.3 Å². The van der Waals surface area contributed by atoms with Gasteiger partial charge in [-0.05, 0) is 32.0 Å². The third-order valence-electron chi connectivity index (χ3n) is 3.76. The van der Waals surface area contributed by atoms with Gasteiger partial charge in [0.2, 0.25) is 5.91 Å². The lowest BCUT2D eigenvalue weighted by Crippen LogP contribution is -2.31. The van der Waals surface area contributed by atoms with E-state index in [-0.39, 0.29) is 11.5 Å². The molecule has 0 aliphatic heterocycles. The van der Waals surface area contributed by atoms with Crippen molar-refractivity contribution in [2.75, 3.05) is 12.4 Å². The molecule has 3 rings (SSSR count). The van der Waals surface area contributed by atoms with E-state index in [2.05, 4.69) is 10.3 Å². The summed E-state index contributed by atoms with van der Waals surface area (Å²) in [7, 11) is 1.54. The number of amides is 1. The normalized spacial score (nSPS) is 12.1. The number of hydrogen-bond donors (Lipinski definition) is 1. The Kier molecular flexibility index (Phi) is 4.35. The highest BCUT2D eigenvalue weighted by Crippen LogP contribution is 2.24. The molecule has 2 aromatic heterocycles. The number of anilines is 1. The number of fused-ring (bicyclic) bond motifs is 1. The van der Waals surface area contributed by atoms with E-state index < -0.39 is 6.04 Å². The molecule has 3 aromatic rings. The third kappa shape index (κ3) is 2.90. The zero-order valence-electron chi connectivity index (χ0n) is 13.6. The number of ether oxygens (including phenoxy) is 1. The molecule has 1 atom stereocenters. The van der Waals surface area contributed by atoms with Crippen LogP contribution >= 0.6 is 11.3 Å². The molecule has 7 heteroatoms. The lowest BCUT2D eigenvalue weighted by molar-refractivity contribution is -0.118. The van der Waals surface area contributed by atoms with Crippen LogP contribution < -0.4 is 15.6 Å². The second-order valence-corrected chi connectivity index (χ2v) is 6.63. The molecular formula is C17H17N3O3S. The van der Waals surface area contributed by atoms with Crippen molar-refractivity contribution in [1.29, 1.82) is 0 Å². The first-order valence-corrected chi connectivity index (χ1v) is 8.24. The van der Waals surface area contributed by atoms with Crippen molar-refractivity contribution >= 4 is 33.1 Å². The SMILES string of the molecule is COc1ccccc1NC(=O)C(C)n1cnc2sc(C)cc2c1=O. The summed E-state index contributed by atoms with van der Waals surface area (Å²) in [5, 5.41) is 3.33. The van der Waals surface area contributed by atoms with Gasteiger partial charge < -0.3 is 10.1 Å². The molecule has 0 saturated carbocycles. The minimum atomic E-state index is -0.695. The fraction of sp³-hybridized carbons (Fsp3) is 0.235. The summed E-state index contributed by atoms with van der Waals surface area (Å²) in [5.41, 5.74) is 0.345. The number of rotatable bonds is 4. The summed E-state index contributed by atoms with van der Waals surface area (Å²) in [6.07, 6.45) is 1.42. The lowest BCUT2D eigenvalue weighted by Gasteiger charge is -2.16. The zero-order chi connectivity index (χ0) is 17.3. The van der Waals surface area contributed by atoms with Crippen LogP contribution in [-0.2, 0) is 4.79 Å². The first kappa shape index (κ1) is 16.2. The smallest absolute Gasteiger partial charge is 0.262 e. The maximum absolute atomic E-state index is 12.6. The van der Waals surface area contributed by atoms with Gasteiger partial charge in [-0.2, -0.15) is 0 Å². The maximum Gasteiger partial charge on any atom is 0.262 e. The van der Waals surface area contributed by atoms with Crippen LogP contribution in [0, 0.1) is 6.92 Å². The van der Waals surface area contributed by atoms with Crippen molar-refractivity contribution in [3.05, 3.63) is 51.9 Å². The summed E-state index contributed by atoms with van der Waals surface area (Å²) in [6, 6.07) is 8.23. The van der Waals surface area contributed by atoms with Gasteiger partial charge in [0.25, 0.3) is 5.56 Å². The number of carbonyl (C=O) groups excluding carboxylic acids is 1. The number of methoxy groups -OCH3 is 1. The van der Waals surface area contributed by atoms with Crippen LogP contribution in [0.4, 0.5) is 5.69 Å². The first-order valence-electron chi connectivity index (χ1n) is 7.42. The van der Waals surface area contributed by atoms with Crippen molar-refractivity contribution in [2.24, 2.45) is 0 Å². The van der Waals surface area contributed by atoms with Crippen molar-refractivity contribution in [3.63, 3.8) is 0 Å². The number of carbonyl (C=O) groups is 1. The highest BCUT2D eigenvalue weighted by Gasteiger charge is 2.19. The Balaban J connectivity index is 1.91. The summed E-state index contributed by atoms with van der Waals surface area (Å²) in [4.78, 5) is 31.1. The van der Waals surface area contributed by atoms with Crippen LogP contribution in [0.5, 0.6) is 5.75 Å². The summed E-state index contributed by atoms with van der Waals surface area (Å²) in [5.74, 6) is 0.252. The van der Waals surface area contributed by atoms with Crippen molar-refractivity contribution in [2.45, 2.75) is 19.9 Å². The Morgan fingerprint density at radius 2 is 2.12 bits per heavy atom. The minimum Gasteiger partial charge on any atom is -0.495 e. The van der Waals surface area contributed by atoms with E-state index in [1.54, 1.807) is 31.2 Å². The molecule has 0 spiro atoms. The lowest BCUT2D eigenvalue weighted by atomic mass is 10.2. The van der Waals surface area contributed by atoms with Gasteiger partial charge in [0.15, 0.2) is 0 Å². The standard InChI is InChI=1S/C17H17N3O3S/c1-10-8-12-16(24-10)18-9-20(17(12)22)11(2)15(21)19-13-6-4-5-7-14(13)23-3/h4-9,11H,1-3H3,(H,19,21). The van der Waals surface area contributed by atoms with Crippen molar-refractivity contribution in [3.8, 4) is 5.75 Å². The number of hydrogen-bond acceptors (Lipinski definition) is 5. The zero-order valence-corrected chi connectivity index (χ0v) is 14.4. The quantitative estimate of drug-likeness (QED) is 0.790. The highest BCUT2D eigenvalue weighted by atomic mass is 32.1. The van der Waals surface area contributed by atoms with Gasteiger partial charge in [-0.25, -0.2) is 4.98 Å². The van der Waals surface area contributed by atoms with E-state index in [1.807, 2.05) is 13.0 Å². The minimum absolute atomic E-state index is 0.216. The number of thiophene rings is 1. The van der Waals surface area contributed by atoms with E-state index in [0.29, 0.717) is 21.7 Å². The van der Waals surface area contributed by atoms with E-state index in [0.717, 1.165) is 4.88 Å². The molecule has 1 N–H and O–H groups in total. The Labute approximate surface area is 142 Å². The summed E-state index contributed by atoms with van der Waals surface area (Å²) < 4.78 is 6.57. The number of aromatic nitrogens is 2. The van der Waals surface area contributed by atoms with Gasteiger partial charge >= 0.3 is 0 Å². The molecule has 0 bridgehead atoms. The number of para-hydroxylation sites is 2. The molecule has 0 radical (unpaired) electrons. The molecule has 24 heavy (non-hydrogen) atoms. The van der Waals surface area contributed by atoms with Gasteiger partial charge in [0, 0.05) is 4.88 Å². The first-order chi connectivity index (χ1) is 11.5. The number of aryl methyl sites for hydroxylation is 1. The molecule has 6 nitrogen and oxygen atoms in total.